The number of aromatic nitrogens is 3. The van der Waals surface area contributed by atoms with E-state index in [1.807, 2.05) is 26.8 Å². The second kappa shape index (κ2) is 10.0. The summed E-state index contributed by atoms with van der Waals surface area (Å²) in [6.07, 6.45) is 1.58. The van der Waals surface area contributed by atoms with Crippen LogP contribution in [-0.4, -0.2) is 27.4 Å². The number of hydrogen-bond donors (Lipinski definition) is 0. The van der Waals surface area contributed by atoms with Gasteiger partial charge in [-0.3, -0.25) is 14.5 Å². The second-order valence-electron chi connectivity index (χ2n) is 9.94. The molecule has 1 amide bonds. The minimum Gasteiger partial charge on any atom is -0.494 e. The SMILES string of the molecule is COc1ccc(C#N)cc1-n1nc2c(c1C(C)C)C(c1ccc(C#N)cc1C)N(c1cc(Cl)c(=O)n(C)c1)C2=O. The first-order valence-corrected chi connectivity index (χ1v) is 12.9. The normalized spacial score (nSPS) is 14.3. The second-order valence-corrected chi connectivity index (χ2v) is 10.3. The Kier molecular flexibility index (Phi) is 6.70. The van der Waals surface area contributed by atoms with Crippen LogP contribution in [0.3, 0.4) is 0 Å². The first-order valence-electron chi connectivity index (χ1n) is 12.5. The number of pyridine rings is 1. The summed E-state index contributed by atoms with van der Waals surface area (Å²) in [5.74, 6) is 0.0428. The highest BCUT2D eigenvalue weighted by Crippen LogP contribution is 2.47. The quantitative estimate of drug-likeness (QED) is 0.337. The van der Waals surface area contributed by atoms with E-state index in [2.05, 4.69) is 12.1 Å². The van der Waals surface area contributed by atoms with E-state index in [9.17, 15) is 20.1 Å². The van der Waals surface area contributed by atoms with Gasteiger partial charge < -0.3 is 9.30 Å². The molecule has 0 spiro atoms. The third-order valence-electron chi connectivity index (χ3n) is 7.09. The molecule has 3 heterocycles. The van der Waals surface area contributed by atoms with Gasteiger partial charge in [-0.15, -0.1) is 0 Å². The molecule has 1 aliphatic rings. The monoisotopic (exact) mass is 552 g/mol. The molecule has 5 rings (SSSR count). The lowest BCUT2D eigenvalue weighted by molar-refractivity contribution is 0.0988. The number of nitriles is 2. The van der Waals surface area contributed by atoms with Gasteiger partial charge in [-0.1, -0.05) is 31.5 Å². The number of amides is 1. The number of ether oxygens (including phenoxy) is 1. The Labute approximate surface area is 236 Å². The van der Waals surface area contributed by atoms with E-state index in [-0.39, 0.29) is 28.1 Å². The molecule has 0 N–H and O–H groups in total. The molecule has 200 valence electrons. The van der Waals surface area contributed by atoms with Crippen molar-refractivity contribution in [1.29, 1.82) is 10.5 Å². The number of fused-ring (bicyclic) bond motifs is 1. The average molecular weight is 553 g/mol. The van der Waals surface area contributed by atoms with Crippen LogP contribution in [0.4, 0.5) is 5.69 Å². The fraction of sp³-hybridized carbons (Fsp3) is 0.233. The molecule has 2 aromatic heterocycles. The van der Waals surface area contributed by atoms with E-state index >= 15 is 0 Å². The number of carbonyl (C=O) groups excluding carboxylic acids is 1. The first kappa shape index (κ1) is 26.7. The van der Waals surface area contributed by atoms with Crippen LogP contribution < -0.4 is 15.2 Å². The van der Waals surface area contributed by atoms with Crippen molar-refractivity contribution in [3.05, 3.63) is 103 Å². The van der Waals surface area contributed by atoms with Crippen molar-refractivity contribution in [2.24, 2.45) is 7.05 Å². The van der Waals surface area contributed by atoms with Crippen molar-refractivity contribution in [3.8, 4) is 23.6 Å². The standard InChI is InChI=1S/C30H25ClN6O3/c1-16(2)27-25-26(34-37(27)23-11-19(14-33)7-9-24(23)40-5)30(39)36(20-12-22(31)29(38)35(4)15-20)28(25)21-8-6-18(13-32)10-17(21)3/h6-12,15-16,28H,1-5H3. The predicted octanol–water partition coefficient (Wildman–Crippen LogP) is 5.16. The van der Waals surface area contributed by atoms with Crippen LogP contribution in [0.25, 0.3) is 5.69 Å². The van der Waals surface area contributed by atoms with E-state index in [1.54, 1.807) is 53.2 Å². The van der Waals surface area contributed by atoms with Crippen molar-refractivity contribution in [2.45, 2.75) is 32.7 Å². The Morgan fingerprint density at radius 3 is 2.33 bits per heavy atom. The van der Waals surface area contributed by atoms with Crippen LogP contribution in [0.15, 0.2) is 53.5 Å². The molecule has 9 nitrogen and oxygen atoms in total. The summed E-state index contributed by atoms with van der Waals surface area (Å²) in [4.78, 5) is 28.2. The maximum Gasteiger partial charge on any atom is 0.280 e. The highest BCUT2D eigenvalue weighted by Gasteiger charge is 2.45. The van der Waals surface area contributed by atoms with Gasteiger partial charge in [0, 0.05) is 18.8 Å². The lowest BCUT2D eigenvalue weighted by atomic mass is 9.91. The number of halogens is 1. The van der Waals surface area contributed by atoms with E-state index < -0.39 is 6.04 Å². The van der Waals surface area contributed by atoms with Crippen LogP contribution in [0, 0.1) is 29.6 Å². The molecule has 0 saturated heterocycles. The van der Waals surface area contributed by atoms with Gasteiger partial charge in [0.25, 0.3) is 11.5 Å². The number of carbonyl (C=O) groups is 1. The maximum absolute atomic E-state index is 14.2. The largest absolute Gasteiger partial charge is 0.494 e. The highest BCUT2D eigenvalue weighted by molar-refractivity contribution is 6.30. The number of aryl methyl sites for hydroxylation is 2. The van der Waals surface area contributed by atoms with Crippen LogP contribution in [0.2, 0.25) is 5.02 Å². The molecule has 10 heteroatoms. The molecule has 2 aromatic carbocycles. The lowest BCUT2D eigenvalue weighted by Crippen LogP contribution is -2.32. The third-order valence-corrected chi connectivity index (χ3v) is 7.36. The molecule has 1 unspecified atom stereocenters. The van der Waals surface area contributed by atoms with Gasteiger partial charge in [-0.2, -0.15) is 15.6 Å². The van der Waals surface area contributed by atoms with E-state index in [0.717, 1.165) is 16.8 Å². The zero-order valence-corrected chi connectivity index (χ0v) is 23.3. The van der Waals surface area contributed by atoms with Crippen LogP contribution in [0.5, 0.6) is 5.75 Å². The summed E-state index contributed by atoms with van der Waals surface area (Å²) in [7, 11) is 3.11. The summed E-state index contributed by atoms with van der Waals surface area (Å²) in [5.41, 5.74) is 4.85. The predicted molar refractivity (Wildman–Crippen MR) is 150 cm³/mol. The summed E-state index contributed by atoms with van der Waals surface area (Å²) in [6.45, 7) is 5.91. The fourth-order valence-corrected chi connectivity index (χ4v) is 5.54. The minimum absolute atomic E-state index is 0.0140. The Hall–Kier alpha value is -4.86. The van der Waals surface area contributed by atoms with Crippen molar-refractivity contribution in [1.82, 2.24) is 14.3 Å². The molecule has 0 fully saturated rings. The number of anilines is 1. The van der Waals surface area contributed by atoms with Gasteiger partial charge in [0.1, 0.15) is 16.5 Å². The fourth-order valence-electron chi connectivity index (χ4n) is 5.29. The smallest absolute Gasteiger partial charge is 0.280 e. The van der Waals surface area contributed by atoms with Crippen LogP contribution >= 0.6 is 11.6 Å². The summed E-state index contributed by atoms with van der Waals surface area (Å²) >= 11 is 6.28. The van der Waals surface area contributed by atoms with Crippen molar-refractivity contribution in [2.75, 3.05) is 12.0 Å². The Balaban J connectivity index is 1.84. The molecule has 0 aliphatic carbocycles. The van der Waals surface area contributed by atoms with Crippen molar-refractivity contribution >= 4 is 23.2 Å². The van der Waals surface area contributed by atoms with E-state index in [1.165, 1.54) is 17.7 Å². The third kappa shape index (κ3) is 4.12. The van der Waals surface area contributed by atoms with Gasteiger partial charge in [-0.05, 0) is 60.4 Å². The summed E-state index contributed by atoms with van der Waals surface area (Å²) in [5, 5.41) is 23.8. The molecule has 40 heavy (non-hydrogen) atoms. The van der Waals surface area contributed by atoms with Crippen LogP contribution in [-0.2, 0) is 7.05 Å². The van der Waals surface area contributed by atoms with E-state index in [4.69, 9.17) is 21.4 Å². The number of rotatable bonds is 5. The topological polar surface area (TPSA) is 117 Å². The van der Waals surface area contributed by atoms with E-state index in [0.29, 0.717) is 33.8 Å². The number of methoxy groups -OCH3 is 1. The first-order chi connectivity index (χ1) is 19.1. The summed E-state index contributed by atoms with van der Waals surface area (Å²) in [6, 6.07) is 15.6. The molecule has 4 aromatic rings. The van der Waals surface area contributed by atoms with Gasteiger partial charge >= 0.3 is 0 Å². The number of benzene rings is 2. The van der Waals surface area contributed by atoms with Crippen LogP contribution in [0.1, 0.15) is 69.8 Å². The van der Waals surface area contributed by atoms with Gasteiger partial charge in [0.05, 0.1) is 47.8 Å². The van der Waals surface area contributed by atoms with Gasteiger partial charge in [-0.25, -0.2) is 4.68 Å². The van der Waals surface area contributed by atoms with Crippen molar-refractivity contribution < 1.29 is 9.53 Å². The number of nitrogens with zero attached hydrogens (tertiary/aromatic N) is 6. The molecule has 0 bridgehead atoms. The molecule has 1 atom stereocenters. The minimum atomic E-state index is -0.625. The Morgan fingerprint density at radius 2 is 1.73 bits per heavy atom. The zero-order chi connectivity index (χ0) is 28.9. The molecule has 0 saturated carbocycles. The molecule has 1 aliphatic heterocycles. The molecular weight excluding hydrogens is 528 g/mol. The zero-order valence-electron chi connectivity index (χ0n) is 22.6. The molecular formula is C30H25ClN6O3. The van der Waals surface area contributed by atoms with Crippen molar-refractivity contribution in [3.63, 3.8) is 0 Å². The Morgan fingerprint density at radius 1 is 1.05 bits per heavy atom. The van der Waals surface area contributed by atoms with Gasteiger partial charge in [0.2, 0.25) is 0 Å². The van der Waals surface area contributed by atoms with Gasteiger partial charge in [0.15, 0.2) is 5.69 Å². The molecule has 0 radical (unpaired) electrons. The highest BCUT2D eigenvalue weighted by atomic mass is 35.5. The summed E-state index contributed by atoms with van der Waals surface area (Å²) < 4.78 is 8.63. The average Bonchev–Trinajstić information content (AvgIpc) is 3.46. The Bertz CT molecular complexity index is 1810. The lowest BCUT2D eigenvalue weighted by Gasteiger charge is -2.29. The number of hydrogen-bond acceptors (Lipinski definition) is 6. The maximum atomic E-state index is 14.2.